The van der Waals surface area contributed by atoms with Crippen LogP contribution in [0.3, 0.4) is 0 Å². The normalized spacial score (nSPS) is 15.3. The molecule has 5 nitrogen and oxygen atoms in total. The van der Waals surface area contributed by atoms with Crippen molar-refractivity contribution in [3.05, 3.63) is 84.3 Å². The Hall–Kier alpha value is -3.05. The van der Waals surface area contributed by atoms with Crippen molar-refractivity contribution >= 4 is 5.91 Å². The van der Waals surface area contributed by atoms with Crippen LogP contribution >= 0.6 is 0 Å². The summed E-state index contributed by atoms with van der Waals surface area (Å²) in [4.78, 5) is 15.0. The fraction of sp³-hybridized carbons (Fsp3) is 0.261. The van der Waals surface area contributed by atoms with E-state index in [1.807, 2.05) is 54.6 Å². The molecule has 3 aromatic rings. The van der Waals surface area contributed by atoms with Crippen LogP contribution in [0.2, 0.25) is 0 Å². The molecular formula is C23H24N2O3. The molecule has 2 heterocycles. The molecule has 1 aromatic heterocycles. The number of hydrogen-bond donors (Lipinski definition) is 1. The van der Waals surface area contributed by atoms with Gasteiger partial charge in [0.05, 0.1) is 12.3 Å². The highest BCUT2D eigenvalue weighted by Crippen LogP contribution is 2.25. The molecule has 144 valence electrons. The van der Waals surface area contributed by atoms with Crippen molar-refractivity contribution in [2.45, 2.75) is 18.9 Å². The predicted molar refractivity (Wildman–Crippen MR) is 108 cm³/mol. The molecule has 0 saturated carbocycles. The molecule has 0 radical (unpaired) electrons. The average molecular weight is 376 g/mol. The predicted octanol–water partition coefficient (Wildman–Crippen LogP) is 4.64. The number of nitrogens with one attached hydrogen (secondary N) is 1. The molecule has 0 unspecified atom stereocenters. The van der Waals surface area contributed by atoms with E-state index in [-0.39, 0.29) is 11.9 Å². The lowest BCUT2D eigenvalue weighted by molar-refractivity contribution is 0.0934. The second-order valence-electron chi connectivity index (χ2n) is 6.92. The van der Waals surface area contributed by atoms with Crippen molar-refractivity contribution in [2.75, 3.05) is 19.6 Å². The molecule has 1 fully saturated rings. The Kier molecular flexibility index (Phi) is 5.73. The Morgan fingerprint density at radius 2 is 1.68 bits per heavy atom. The molecule has 1 atom stereocenters. The van der Waals surface area contributed by atoms with Crippen molar-refractivity contribution in [2.24, 2.45) is 0 Å². The first kappa shape index (κ1) is 18.3. The molecule has 4 rings (SSSR count). The van der Waals surface area contributed by atoms with Gasteiger partial charge in [0.1, 0.15) is 17.3 Å². The first-order chi connectivity index (χ1) is 13.8. The molecule has 0 aliphatic carbocycles. The highest BCUT2D eigenvalue weighted by molar-refractivity contribution is 5.94. The molecule has 1 saturated heterocycles. The van der Waals surface area contributed by atoms with Crippen LogP contribution in [0, 0.1) is 0 Å². The van der Waals surface area contributed by atoms with Gasteiger partial charge in [0.25, 0.3) is 5.91 Å². The van der Waals surface area contributed by atoms with Crippen molar-refractivity contribution in [1.82, 2.24) is 10.2 Å². The number of para-hydroxylation sites is 1. The van der Waals surface area contributed by atoms with Crippen molar-refractivity contribution < 1.29 is 13.9 Å². The molecule has 1 amide bonds. The summed E-state index contributed by atoms with van der Waals surface area (Å²) in [5, 5.41) is 3.05. The van der Waals surface area contributed by atoms with Crippen molar-refractivity contribution in [3.8, 4) is 11.5 Å². The lowest BCUT2D eigenvalue weighted by atomic mass is 10.1. The van der Waals surface area contributed by atoms with Crippen LogP contribution in [-0.2, 0) is 0 Å². The van der Waals surface area contributed by atoms with Gasteiger partial charge in [-0.1, -0.05) is 18.2 Å². The first-order valence-electron chi connectivity index (χ1n) is 9.68. The van der Waals surface area contributed by atoms with E-state index < -0.39 is 0 Å². The third-order valence-corrected chi connectivity index (χ3v) is 5.00. The Balaban J connectivity index is 1.37. The van der Waals surface area contributed by atoms with Crippen molar-refractivity contribution in [1.29, 1.82) is 0 Å². The third-order valence-electron chi connectivity index (χ3n) is 5.00. The Morgan fingerprint density at radius 3 is 2.36 bits per heavy atom. The lowest BCUT2D eigenvalue weighted by Gasteiger charge is -2.26. The number of amides is 1. The van der Waals surface area contributed by atoms with Gasteiger partial charge >= 0.3 is 0 Å². The van der Waals surface area contributed by atoms with Crippen LogP contribution in [0.25, 0.3) is 0 Å². The van der Waals surface area contributed by atoms with Gasteiger partial charge in [0, 0.05) is 12.1 Å². The Labute approximate surface area is 164 Å². The fourth-order valence-corrected chi connectivity index (χ4v) is 3.53. The summed E-state index contributed by atoms with van der Waals surface area (Å²) < 4.78 is 11.4. The monoisotopic (exact) mass is 376 g/mol. The largest absolute Gasteiger partial charge is 0.468 e. The van der Waals surface area contributed by atoms with E-state index in [1.54, 1.807) is 18.4 Å². The topological polar surface area (TPSA) is 54.7 Å². The van der Waals surface area contributed by atoms with E-state index in [9.17, 15) is 4.79 Å². The molecular weight excluding hydrogens is 352 g/mol. The summed E-state index contributed by atoms with van der Waals surface area (Å²) in [6.07, 6.45) is 4.06. The zero-order valence-electron chi connectivity index (χ0n) is 15.7. The van der Waals surface area contributed by atoms with E-state index in [1.165, 1.54) is 12.8 Å². The van der Waals surface area contributed by atoms with Gasteiger partial charge in [0.15, 0.2) is 0 Å². The molecule has 1 aliphatic heterocycles. The van der Waals surface area contributed by atoms with Crippen LogP contribution < -0.4 is 10.1 Å². The van der Waals surface area contributed by atoms with E-state index >= 15 is 0 Å². The number of benzene rings is 2. The van der Waals surface area contributed by atoms with Gasteiger partial charge in [-0.2, -0.15) is 0 Å². The minimum atomic E-state index is -0.0954. The minimum absolute atomic E-state index is 0.0714. The first-order valence-corrected chi connectivity index (χ1v) is 9.68. The summed E-state index contributed by atoms with van der Waals surface area (Å²) in [6.45, 7) is 2.59. The maximum absolute atomic E-state index is 12.6. The summed E-state index contributed by atoms with van der Waals surface area (Å²) in [7, 11) is 0. The highest BCUT2D eigenvalue weighted by atomic mass is 16.5. The fourth-order valence-electron chi connectivity index (χ4n) is 3.53. The molecule has 0 spiro atoms. The maximum Gasteiger partial charge on any atom is 0.251 e. The summed E-state index contributed by atoms with van der Waals surface area (Å²) in [5.74, 6) is 2.27. The standard InChI is InChI=1S/C23H24N2O3/c26-23(18-10-12-20(13-11-18)28-19-7-2-1-3-8-19)24-17-21(22-9-6-16-27-22)25-14-4-5-15-25/h1-3,6-13,16,21H,4-5,14-15,17H2,(H,24,26)/t21-/m0/s1. The van der Waals surface area contributed by atoms with Gasteiger partial charge in [-0.15, -0.1) is 0 Å². The number of likely N-dealkylation sites (tertiary alicyclic amines) is 1. The van der Waals surface area contributed by atoms with Gasteiger partial charge in [-0.25, -0.2) is 0 Å². The SMILES string of the molecule is O=C(NC[C@@H](c1ccco1)N1CCCC1)c1ccc(Oc2ccccc2)cc1. The minimum Gasteiger partial charge on any atom is -0.468 e. The third kappa shape index (κ3) is 4.43. The second kappa shape index (κ2) is 8.76. The van der Waals surface area contributed by atoms with Crippen LogP contribution in [0.5, 0.6) is 11.5 Å². The molecule has 1 N–H and O–H groups in total. The molecule has 28 heavy (non-hydrogen) atoms. The number of rotatable bonds is 7. The molecule has 2 aromatic carbocycles. The zero-order chi connectivity index (χ0) is 19.2. The lowest BCUT2D eigenvalue weighted by Crippen LogP contribution is -2.36. The van der Waals surface area contributed by atoms with Gasteiger partial charge in [-0.05, 0) is 74.5 Å². The second-order valence-corrected chi connectivity index (χ2v) is 6.92. The van der Waals surface area contributed by atoms with E-state index in [2.05, 4.69) is 10.2 Å². The van der Waals surface area contributed by atoms with E-state index in [4.69, 9.17) is 9.15 Å². The van der Waals surface area contributed by atoms with Crippen LogP contribution in [0.4, 0.5) is 0 Å². The summed E-state index contributed by atoms with van der Waals surface area (Å²) in [6, 6.07) is 20.7. The zero-order valence-corrected chi connectivity index (χ0v) is 15.7. The number of carbonyl (C=O) groups is 1. The molecule has 0 bridgehead atoms. The van der Waals surface area contributed by atoms with E-state index in [0.717, 1.165) is 24.6 Å². The van der Waals surface area contributed by atoms with E-state index in [0.29, 0.717) is 17.9 Å². The van der Waals surface area contributed by atoms with Crippen LogP contribution in [0.15, 0.2) is 77.4 Å². The number of hydrogen-bond acceptors (Lipinski definition) is 4. The highest BCUT2D eigenvalue weighted by Gasteiger charge is 2.26. The summed E-state index contributed by atoms with van der Waals surface area (Å²) >= 11 is 0. The van der Waals surface area contributed by atoms with Crippen LogP contribution in [0.1, 0.15) is 35.0 Å². The molecule has 1 aliphatic rings. The Morgan fingerprint density at radius 1 is 0.964 bits per heavy atom. The van der Waals surface area contributed by atoms with Gasteiger partial charge in [0.2, 0.25) is 0 Å². The Bertz CT molecular complexity index is 870. The number of nitrogens with zero attached hydrogens (tertiary/aromatic N) is 1. The quantitative estimate of drug-likeness (QED) is 0.653. The van der Waals surface area contributed by atoms with Gasteiger partial charge in [-0.3, -0.25) is 9.69 Å². The van der Waals surface area contributed by atoms with Crippen LogP contribution in [-0.4, -0.2) is 30.4 Å². The van der Waals surface area contributed by atoms with Gasteiger partial charge < -0.3 is 14.5 Å². The number of ether oxygens (including phenoxy) is 1. The smallest absolute Gasteiger partial charge is 0.251 e. The molecule has 5 heteroatoms. The van der Waals surface area contributed by atoms with Crippen molar-refractivity contribution in [3.63, 3.8) is 0 Å². The summed E-state index contributed by atoms with van der Waals surface area (Å²) in [5.41, 5.74) is 0.611. The number of carbonyl (C=O) groups excluding carboxylic acids is 1. The maximum atomic E-state index is 12.6. The number of furan rings is 1. The average Bonchev–Trinajstić information content (AvgIpc) is 3.44.